The number of ether oxygens (including phenoxy) is 3. The number of aliphatic hydroxyl groups excluding tert-OH is 1. The van der Waals surface area contributed by atoms with Gasteiger partial charge in [0.2, 0.25) is 0 Å². The number of nitrogens with zero attached hydrogens (tertiary/aromatic N) is 2. The smallest absolute Gasteiger partial charge is 0.337 e. The number of urea groups is 1. The van der Waals surface area contributed by atoms with E-state index in [0.29, 0.717) is 29.4 Å². The molecule has 0 radical (unpaired) electrons. The number of hydrogen-bond donors (Lipinski definition) is 4. The Morgan fingerprint density at radius 3 is 2.58 bits per heavy atom. The summed E-state index contributed by atoms with van der Waals surface area (Å²) < 4.78 is 18.9. The van der Waals surface area contributed by atoms with E-state index in [2.05, 4.69) is 56.9 Å². The highest BCUT2D eigenvalue weighted by atomic mass is 16.5. The molecule has 45 heavy (non-hydrogen) atoms. The maximum absolute atomic E-state index is 12.5. The maximum atomic E-state index is 12.5. The van der Waals surface area contributed by atoms with Crippen LogP contribution >= 0.6 is 0 Å². The highest BCUT2D eigenvalue weighted by molar-refractivity contribution is 6.01. The Bertz CT molecular complexity index is 1750. The Morgan fingerprint density at radius 1 is 1.07 bits per heavy atom. The number of amides is 2. The minimum atomic E-state index is -1.12. The molecule has 4 aromatic rings. The molecule has 0 saturated heterocycles. The molecule has 0 aliphatic carbocycles. The minimum Gasteiger partial charge on any atom is -0.490 e. The Hall–Kier alpha value is -5.29. The van der Waals surface area contributed by atoms with Crippen LogP contribution in [0.5, 0.6) is 11.5 Å². The van der Waals surface area contributed by atoms with Crippen LogP contribution in [-0.4, -0.2) is 54.4 Å². The Kier molecular flexibility index (Phi) is 9.69. The van der Waals surface area contributed by atoms with Crippen LogP contribution in [0.3, 0.4) is 0 Å². The fourth-order valence-corrected chi connectivity index (χ4v) is 5.40. The maximum Gasteiger partial charge on any atom is 0.337 e. The van der Waals surface area contributed by atoms with E-state index in [1.165, 1.54) is 12.7 Å². The van der Waals surface area contributed by atoms with Crippen LogP contribution in [-0.2, 0) is 16.1 Å². The molecule has 0 saturated carbocycles. The normalized spacial score (nSPS) is 15.5. The minimum absolute atomic E-state index is 0.123. The third kappa shape index (κ3) is 6.94. The average molecular weight is 612 g/mol. The van der Waals surface area contributed by atoms with Gasteiger partial charge in [-0.25, -0.2) is 9.59 Å². The summed E-state index contributed by atoms with van der Waals surface area (Å²) in [7, 11) is 1.29. The number of carbonyl (C=O) groups excluding carboxylic acids is 2. The second-order valence-electron chi connectivity index (χ2n) is 10.5. The van der Waals surface area contributed by atoms with Gasteiger partial charge in [0.05, 0.1) is 31.5 Å². The zero-order valence-corrected chi connectivity index (χ0v) is 25.7. The second kappa shape index (κ2) is 14.0. The number of esters is 1. The van der Waals surface area contributed by atoms with Crippen molar-refractivity contribution in [3.63, 3.8) is 0 Å². The van der Waals surface area contributed by atoms with Gasteiger partial charge in [-0.05, 0) is 50.1 Å². The van der Waals surface area contributed by atoms with Gasteiger partial charge < -0.3 is 34.5 Å². The highest BCUT2D eigenvalue weighted by Gasteiger charge is 2.32. The van der Waals surface area contributed by atoms with Crippen molar-refractivity contribution >= 4 is 29.1 Å². The number of carbonyl (C=O) groups is 2. The summed E-state index contributed by atoms with van der Waals surface area (Å²) >= 11 is 0. The first-order valence-corrected chi connectivity index (χ1v) is 14.6. The largest absolute Gasteiger partial charge is 0.490 e. The van der Waals surface area contributed by atoms with Crippen molar-refractivity contribution in [1.29, 1.82) is 0 Å². The molecule has 4 N–H and O–H groups in total. The standard InChI is InChI=1S/C34H37N5O6/c1-5-44-29-17-24(32-31(33(41)43-4)21(2)36-34(42)37-32)15-16-28(29)45-20-30(40)38-35-18-26-22(3)39(19-23-11-7-6-8-12-23)27-14-10-9-13-25(26)27/h6-18,30,32,38,40H,5,19-20H2,1-4H3,(H2,36,37,42)/b35-18-/t30-,32+/m0/s1. The van der Waals surface area contributed by atoms with Crippen LogP contribution in [0.4, 0.5) is 4.79 Å². The second-order valence-corrected chi connectivity index (χ2v) is 10.5. The van der Waals surface area contributed by atoms with Crippen molar-refractivity contribution in [1.82, 2.24) is 20.6 Å². The Balaban J connectivity index is 1.28. The number of hydrogen-bond acceptors (Lipinski definition) is 8. The summed E-state index contributed by atoms with van der Waals surface area (Å²) in [5, 5.41) is 21.4. The molecule has 2 amide bonds. The quantitative estimate of drug-likeness (QED) is 0.0801. The first-order chi connectivity index (χ1) is 21.8. The molecule has 0 bridgehead atoms. The van der Waals surface area contributed by atoms with Crippen LogP contribution < -0.4 is 25.5 Å². The SMILES string of the molecule is CCOc1cc([C@H]2NC(=O)NC(C)=C2C(=O)OC)ccc1OC[C@H](O)N/N=C\c1c(C)n(Cc2ccccc2)c2ccccc12. The van der Waals surface area contributed by atoms with E-state index < -0.39 is 24.3 Å². The molecule has 0 spiro atoms. The van der Waals surface area contributed by atoms with Gasteiger partial charge in [-0.1, -0.05) is 54.6 Å². The zero-order valence-electron chi connectivity index (χ0n) is 25.7. The average Bonchev–Trinajstić information content (AvgIpc) is 3.30. The van der Waals surface area contributed by atoms with Crippen LogP contribution in [0.2, 0.25) is 0 Å². The van der Waals surface area contributed by atoms with E-state index in [1.807, 2.05) is 37.3 Å². The van der Waals surface area contributed by atoms with E-state index in [-0.39, 0.29) is 12.2 Å². The number of hydrazone groups is 1. The van der Waals surface area contributed by atoms with Gasteiger partial charge in [-0.15, -0.1) is 0 Å². The molecule has 0 fully saturated rings. The fourth-order valence-electron chi connectivity index (χ4n) is 5.40. The van der Waals surface area contributed by atoms with Crippen molar-refractivity contribution in [2.45, 2.75) is 39.6 Å². The number of methoxy groups -OCH3 is 1. The molecular weight excluding hydrogens is 574 g/mol. The van der Waals surface area contributed by atoms with E-state index in [9.17, 15) is 14.7 Å². The van der Waals surface area contributed by atoms with Crippen molar-refractivity contribution in [2.24, 2.45) is 5.10 Å². The van der Waals surface area contributed by atoms with Crippen molar-refractivity contribution in [3.05, 3.63) is 106 Å². The predicted octanol–water partition coefficient (Wildman–Crippen LogP) is 4.52. The van der Waals surface area contributed by atoms with E-state index in [4.69, 9.17) is 14.2 Å². The van der Waals surface area contributed by atoms with E-state index in [0.717, 1.165) is 28.7 Å². The van der Waals surface area contributed by atoms with Crippen LogP contribution in [0, 0.1) is 6.92 Å². The highest BCUT2D eigenvalue weighted by Crippen LogP contribution is 2.35. The summed E-state index contributed by atoms with van der Waals surface area (Å²) in [4.78, 5) is 24.7. The van der Waals surface area contributed by atoms with Gasteiger partial charge in [0.1, 0.15) is 6.61 Å². The molecular formula is C34H37N5O6. The predicted molar refractivity (Wildman–Crippen MR) is 171 cm³/mol. The van der Waals surface area contributed by atoms with E-state index >= 15 is 0 Å². The van der Waals surface area contributed by atoms with Gasteiger partial charge in [0, 0.05) is 34.4 Å². The van der Waals surface area contributed by atoms with Gasteiger partial charge >= 0.3 is 12.0 Å². The molecule has 1 aromatic heterocycles. The Labute approximate surface area is 261 Å². The topological polar surface area (TPSA) is 135 Å². The molecule has 2 atom stereocenters. The Morgan fingerprint density at radius 2 is 1.82 bits per heavy atom. The zero-order chi connectivity index (χ0) is 31.9. The first-order valence-electron chi connectivity index (χ1n) is 14.6. The molecule has 2 heterocycles. The lowest BCUT2D eigenvalue weighted by Crippen LogP contribution is -2.45. The lowest BCUT2D eigenvalue weighted by atomic mass is 9.95. The summed E-state index contributed by atoms with van der Waals surface area (Å²) in [6.45, 7) is 6.48. The molecule has 0 unspecified atom stereocenters. The number of benzene rings is 3. The monoisotopic (exact) mass is 611 g/mol. The number of nitrogens with one attached hydrogen (secondary N) is 3. The number of aliphatic hydroxyl groups is 1. The van der Waals surface area contributed by atoms with Crippen LogP contribution in [0.1, 0.15) is 42.3 Å². The van der Waals surface area contributed by atoms with Gasteiger partial charge in [0.25, 0.3) is 0 Å². The summed E-state index contributed by atoms with van der Waals surface area (Å²) in [5.74, 6) is 0.210. The van der Waals surface area contributed by atoms with Gasteiger partial charge in [-0.3, -0.25) is 5.43 Å². The lowest BCUT2D eigenvalue weighted by Gasteiger charge is -2.28. The van der Waals surface area contributed by atoms with Crippen LogP contribution in [0.15, 0.2) is 89.2 Å². The lowest BCUT2D eigenvalue weighted by molar-refractivity contribution is -0.136. The van der Waals surface area contributed by atoms with E-state index in [1.54, 1.807) is 31.3 Å². The number of aromatic nitrogens is 1. The number of fused-ring (bicyclic) bond motifs is 1. The number of para-hydroxylation sites is 1. The van der Waals surface area contributed by atoms with Gasteiger partial charge in [0.15, 0.2) is 17.7 Å². The molecule has 11 heteroatoms. The number of allylic oxidation sites excluding steroid dienone is 1. The third-order valence-corrected chi connectivity index (χ3v) is 7.55. The third-order valence-electron chi connectivity index (χ3n) is 7.55. The van der Waals surface area contributed by atoms with Crippen molar-refractivity contribution in [2.75, 3.05) is 20.3 Å². The summed E-state index contributed by atoms with van der Waals surface area (Å²) in [5.41, 5.74) is 8.34. The van der Waals surface area contributed by atoms with Crippen LogP contribution in [0.25, 0.3) is 10.9 Å². The summed E-state index contributed by atoms with van der Waals surface area (Å²) in [6.07, 6.45) is 0.596. The van der Waals surface area contributed by atoms with Crippen molar-refractivity contribution < 1.29 is 28.9 Å². The molecule has 234 valence electrons. The molecule has 3 aromatic carbocycles. The van der Waals surface area contributed by atoms with Gasteiger partial charge in [-0.2, -0.15) is 5.10 Å². The number of rotatable bonds is 12. The molecule has 11 nitrogen and oxygen atoms in total. The molecule has 1 aliphatic heterocycles. The fraction of sp³-hybridized carbons (Fsp3) is 0.265. The first kappa shape index (κ1) is 31.1. The molecule has 1 aliphatic rings. The summed E-state index contributed by atoms with van der Waals surface area (Å²) in [6, 6.07) is 22.3. The molecule has 5 rings (SSSR count). The van der Waals surface area contributed by atoms with Crippen molar-refractivity contribution in [3.8, 4) is 11.5 Å².